The van der Waals surface area contributed by atoms with Gasteiger partial charge in [0, 0.05) is 31.1 Å². The molecule has 2 aromatic heterocycles. The average Bonchev–Trinajstić information content (AvgIpc) is 3.45. The van der Waals surface area contributed by atoms with Gasteiger partial charge in [-0.2, -0.15) is 5.10 Å². The molecule has 0 aliphatic rings. The van der Waals surface area contributed by atoms with Crippen LogP contribution < -0.4 is 4.72 Å². The van der Waals surface area contributed by atoms with Crippen molar-refractivity contribution in [3.05, 3.63) is 107 Å². The Labute approximate surface area is 211 Å². The minimum Gasteiger partial charge on any atom is -0.351 e. The number of carbonyl (C=O) groups is 1. The number of nitrogens with zero attached hydrogens (tertiary/aromatic N) is 3. The molecule has 7 nitrogen and oxygen atoms in total. The van der Waals surface area contributed by atoms with E-state index < -0.39 is 15.9 Å². The average molecular weight is 501 g/mol. The molecule has 0 unspecified atom stereocenters. The molecule has 36 heavy (non-hydrogen) atoms. The zero-order chi connectivity index (χ0) is 25.4. The second kappa shape index (κ2) is 9.13. The Hall–Kier alpha value is -4.17. The van der Waals surface area contributed by atoms with E-state index >= 15 is 0 Å². The predicted molar refractivity (Wildman–Crippen MR) is 142 cm³/mol. The van der Waals surface area contributed by atoms with Gasteiger partial charge in [0.1, 0.15) is 5.69 Å². The highest BCUT2D eigenvalue weighted by atomic mass is 32.2. The third kappa shape index (κ3) is 4.43. The van der Waals surface area contributed by atoms with Crippen molar-refractivity contribution in [2.24, 2.45) is 7.05 Å². The molecule has 3 aromatic carbocycles. The van der Waals surface area contributed by atoms with Crippen molar-refractivity contribution >= 4 is 26.8 Å². The van der Waals surface area contributed by atoms with Crippen LogP contribution in [0.3, 0.4) is 0 Å². The van der Waals surface area contributed by atoms with Crippen LogP contribution in [0.25, 0.3) is 22.2 Å². The highest BCUT2D eigenvalue weighted by molar-refractivity contribution is 7.90. The molecule has 0 saturated heterocycles. The highest BCUT2D eigenvalue weighted by Crippen LogP contribution is 2.26. The van der Waals surface area contributed by atoms with Crippen LogP contribution in [0.15, 0.2) is 90.0 Å². The van der Waals surface area contributed by atoms with Gasteiger partial charge in [0.15, 0.2) is 0 Å². The van der Waals surface area contributed by atoms with E-state index in [0.29, 0.717) is 12.2 Å². The minimum atomic E-state index is -4.04. The van der Waals surface area contributed by atoms with Crippen molar-refractivity contribution < 1.29 is 14.6 Å². The standard InChI is InChI=1S/C28H26N4O3S.H2/c1-19-8-7-9-20(2)24(19)18-32-27(28(33)30-36(34,35)23-10-5-4-6-11-23)17-25(29-32)21-12-13-26-22(16-21)14-15-31(26)3;/h4-17H,18H2,1-3H3,(H,30,33);1H. The lowest BCUT2D eigenvalue weighted by molar-refractivity contribution is 0.0971. The molecule has 0 bridgehead atoms. The summed E-state index contributed by atoms with van der Waals surface area (Å²) in [6.07, 6.45) is 1.99. The van der Waals surface area contributed by atoms with E-state index in [0.717, 1.165) is 33.2 Å². The van der Waals surface area contributed by atoms with Crippen LogP contribution >= 0.6 is 0 Å². The Morgan fingerprint density at radius 3 is 2.39 bits per heavy atom. The fourth-order valence-corrected chi connectivity index (χ4v) is 5.37. The van der Waals surface area contributed by atoms with E-state index in [1.54, 1.807) is 28.9 Å². The van der Waals surface area contributed by atoms with Crippen molar-refractivity contribution in [3.63, 3.8) is 0 Å². The number of sulfonamides is 1. The Morgan fingerprint density at radius 1 is 0.944 bits per heavy atom. The summed E-state index contributed by atoms with van der Waals surface area (Å²) in [5.74, 6) is -0.732. The lowest BCUT2D eigenvalue weighted by Gasteiger charge is -2.13. The molecule has 1 N–H and O–H groups in total. The molecule has 0 spiro atoms. The van der Waals surface area contributed by atoms with Gasteiger partial charge in [-0.25, -0.2) is 13.1 Å². The first-order valence-corrected chi connectivity index (χ1v) is 13.0. The van der Waals surface area contributed by atoms with E-state index in [2.05, 4.69) is 4.72 Å². The molecule has 0 aliphatic heterocycles. The van der Waals surface area contributed by atoms with Crippen molar-refractivity contribution in [2.45, 2.75) is 25.3 Å². The molecular weight excluding hydrogens is 472 g/mol. The normalized spacial score (nSPS) is 11.6. The molecule has 0 saturated carbocycles. The second-order valence-electron chi connectivity index (χ2n) is 8.89. The van der Waals surface area contributed by atoms with Crippen LogP contribution in [0, 0.1) is 13.8 Å². The molecule has 2 heterocycles. The Kier molecular flexibility index (Phi) is 5.97. The number of amides is 1. The van der Waals surface area contributed by atoms with E-state index in [-0.39, 0.29) is 12.0 Å². The molecular formula is C28H28N4O3S. The van der Waals surface area contributed by atoms with Gasteiger partial charge in [0.25, 0.3) is 15.9 Å². The molecule has 8 heteroatoms. The molecule has 0 fully saturated rings. The number of aromatic nitrogens is 3. The van der Waals surface area contributed by atoms with Crippen molar-refractivity contribution in [2.75, 3.05) is 0 Å². The molecule has 0 radical (unpaired) electrons. The zero-order valence-electron chi connectivity index (χ0n) is 20.3. The Morgan fingerprint density at radius 2 is 1.67 bits per heavy atom. The molecule has 5 rings (SSSR count). The van der Waals surface area contributed by atoms with Crippen molar-refractivity contribution in [1.82, 2.24) is 19.1 Å². The fraction of sp³-hybridized carbons (Fsp3) is 0.143. The Balaban J connectivity index is 0.00000320. The van der Waals surface area contributed by atoms with Crippen LogP contribution in [0.5, 0.6) is 0 Å². The van der Waals surface area contributed by atoms with E-state index in [4.69, 9.17) is 5.10 Å². The number of fused-ring (bicyclic) bond motifs is 1. The predicted octanol–water partition coefficient (Wildman–Crippen LogP) is 5.07. The number of aryl methyl sites for hydroxylation is 3. The lowest BCUT2D eigenvalue weighted by Crippen LogP contribution is -2.32. The topological polar surface area (TPSA) is 86.0 Å². The SMILES string of the molecule is Cc1cccc(C)c1Cn1nc(-c2ccc3c(ccn3C)c2)cc1C(=O)NS(=O)(=O)c1ccccc1.[HH]. The van der Waals surface area contributed by atoms with Gasteiger partial charge in [-0.15, -0.1) is 0 Å². The van der Waals surface area contributed by atoms with Gasteiger partial charge in [0.2, 0.25) is 0 Å². The third-order valence-corrected chi connectivity index (χ3v) is 7.77. The summed E-state index contributed by atoms with van der Waals surface area (Å²) in [6, 6.07) is 23.5. The van der Waals surface area contributed by atoms with E-state index in [1.165, 1.54) is 12.1 Å². The van der Waals surface area contributed by atoms with Crippen LogP contribution in [0.1, 0.15) is 28.6 Å². The molecule has 5 aromatic rings. The molecule has 0 aliphatic carbocycles. The van der Waals surface area contributed by atoms with Crippen LogP contribution in [-0.2, 0) is 23.6 Å². The van der Waals surface area contributed by atoms with Crippen molar-refractivity contribution in [1.29, 1.82) is 0 Å². The van der Waals surface area contributed by atoms with E-state index in [1.807, 2.05) is 74.1 Å². The molecule has 184 valence electrons. The first-order valence-electron chi connectivity index (χ1n) is 11.5. The lowest BCUT2D eigenvalue weighted by atomic mass is 10.0. The maximum Gasteiger partial charge on any atom is 0.283 e. The number of carbonyl (C=O) groups excluding carboxylic acids is 1. The second-order valence-corrected chi connectivity index (χ2v) is 10.6. The smallest absolute Gasteiger partial charge is 0.283 e. The summed E-state index contributed by atoms with van der Waals surface area (Å²) in [5.41, 5.74) is 5.86. The molecule has 0 atom stereocenters. The van der Waals surface area contributed by atoms with Crippen LogP contribution in [-0.4, -0.2) is 28.7 Å². The quantitative estimate of drug-likeness (QED) is 0.353. The Bertz CT molecular complexity index is 1690. The summed E-state index contributed by atoms with van der Waals surface area (Å²) in [7, 11) is -2.06. The van der Waals surface area contributed by atoms with Gasteiger partial charge in [-0.3, -0.25) is 9.48 Å². The summed E-state index contributed by atoms with van der Waals surface area (Å²) in [5, 5.41) is 5.80. The summed E-state index contributed by atoms with van der Waals surface area (Å²) < 4.78 is 31.5. The number of rotatable bonds is 6. The first kappa shape index (κ1) is 23.6. The number of benzene rings is 3. The number of hydrogen-bond donors (Lipinski definition) is 1. The maximum absolute atomic E-state index is 13.3. The number of nitrogens with one attached hydrogen (secondary N) is 1. The molecule has 1 amide bonds. The highest BCUT2D eigenvalue weighted by Gasteiger charge is 2.23. The maximum atomic E-state index is 13.3. The van der Waals surface area contributed by atoms with Crippen molar-refractivity contribution in [3.8, 4) is 11.3 Å². The first-order chi connectivity index (χ1) is 17.2. The van der Waals surface area contributed by atoms with E-state index in [9.17, 15) is 13.2 Å². The number of hydrogen-bond acceptors (Lipinski definition) is 4. The van der Waals surface area contributed by atoms with Crippen LogP contribution in [0.4, 0.5) is 0 Å². The third-order valence-electron chi connectivity index (χ3n) is 6.43. The fourth-order valence-electron chi connectivity index (χ4n) is 4.38. The van der Waals surface area contributed by atoms with Gasteiger partial charge < -0.3 is 4.57 Å². The summed E-state index contributed by atoms with van der Waals surface area (Å²) in [4.78, 5) is 13.3. The largest absolute Gasteiger partial charge is 0.351 e. The van der Waals surface area contributed by atoms with Gasteiger partial charge >= 0.3 is 0 Å². The van der Waals surface area contributed by atoms with Crippen LogP contribution in [0.2, 0.25) is 0 Å². The summed E-state index contributed by atoms with van der Waals surface area (Å²) in [6.45, 7) is 4.35. The van der Waals surface area contributed by atoms with Gasteiger partial charge in [-0.1, -0.05) is 42.5 Å². The minimum absolute atomic E-state index is 0. The van der Waals surface area contributed by atoms with Gasteiger partial charge in [0.05, 0.1) is 17.1 Å². The van der Waals surface area contributed by atoms with Gasteiger partial charge in [-0.05, 0) is 66.9 Å². The summed E-state index contributed by atoms with van der Waals surface area (Å²) >= 11 is 0. The zero-order valence-corrected chi connectivity index (χ0v) is 21.1. The monoisotopic (exact) mass is 500 g/mol.